The summed E-state index contributed by atoms with van der Waals surface area (Å²) in [6.07, 6.45) is 0.188. The van der Waals surface area contributed by atoms with E-state index in [4.69, 9.17) is 0 Å². The number of carbonyl (C=O) groups is 1. The molecule has 6 nitrogen and oxygen atoms in total. The fraction of sp³-hybridized carbons (Fsp3) is 0.462. The van der Waals surface area contributed by atoms with E-state index in [1.807, 2.05) is 11.8 Å². The Morgan fingerprint density at radius 1 is 1.50 bits per heavy atom. The molecule has 0 saturated heterocycles. The van der Waals surface area contributed by atoms with E-state index in [0.29, 0.717) is 18.7 Å². The van der Waals surface area contributed by atoms with E-state index in [1.54, 1.807) is 0 Å². The van der Waals surface area contributed by atoms with Crippen LogP contribution in [0.25, 0.3) is 0 Å². The third-order valence-corrected chi connectivity index (χ3v) is 2.94. The number of nitro groups is 1. The SMILES string of the molecule is CCN(CCC(=O)OC)Cc1cc(F)ccc1[N+](=O)[O-]. The second-order valence-corrected chi connectivity index (χ2v) is 4.23. The number of benzene rings is 1. The molecule has 0 aliphatic carbocycles. The molecule has 0 aliphatic rings. The van der Waals surface area contributed by atoms with E-state index in [2.05, 4.69) is 4.74 Å². The number of carbonyl (C=O) groups excluding carboxylic acids is 1. The highest BCUT2D eigenvalue weighted by atomic mass is 19.1. The number of halogens is 1. The molecule has 0 amide bonds. The van der Waals surface area contributed by atoms with Crippen LogP contribution in [-0.2, 0) is 16.1 Å². The molecule has 0 bridgehead atoms. The van der Waals surface area contributed by atoms with Crippen LogP contribution in [0.1, 0.15) is 18.9 Å². The summed E-state index contributed by atoms with van der Waals surface area (Å²) in [5.74, 6) is -0.869. The lowest BCUT2D eigenvalue weighted by Crippen LogP contribution is -2.26. The van der Waals surface area contributed by atoms with Gasteiger partial charge in [0.2, 0.25) is 0 Å². The van der Waals surface area contributed by atoms with Crippen molar-refractivity contribution in [2.45, 2.75) is 19.9 Å². The molecule has 1 aromatic carbocycles. The number of esters is 1. The van der Waals surface area contributed by atoms with E-state index in [1.165, 1.54) is 7.11 Å². The zero-order chi connectivity index (χ0) is 15.1. The molecule has 110 valence electrons. The van der Waals surface area contributed by atoms with E-state index in [-0.39, 0.29) is 24.6 Å². The Kier molecular flexibility index (Phi) is 6.05. The molecule has 1 rings (SSSR count). The van der Waals surface area contributed by atoms with Crippen molar-refractivity contribution in [3.8, 4) is 0 Å². The van der Waals surface area contributed by atoms with Crippen molar-refractivity contribution in [2.24, 2.45) is 0 Å². The summed E-state index contributed by atoms with van der Waals surface area (Å²) in [5, 5.41) is 10.9. The normalized spacial score (nSPS) is 10.6. The van der Waals surface area contributed by atoms with Gasteiger partial charge in [-0.3, -0.25) is 19.8 Å². The second kappa shape index (κ2) is 7.54. The van der Waals surface area contributed by atoms with Gasteiger partial charge in [0, 0.05) is 24.7 Å². The number of hydrogen-bond acceptors (Lipinski definition) is 5. The van der Waals surface area contributed by atoms with Crippen molar-refractivity contribution in [1.29, 1.82) is 0 Å². The number of hydrogen-bond donors (Lipinski definition) is 0. The highest BCUT2D eigenvalue weighted by Gasteiger charge is 2.17. The maximum Gasteiger partial charge on any atom is 0.306 e. The second-order valence-electron chi connectivity index (χ2n) is 4.23. The maximum atomic E-state index is 13.2. The van der Waals surface area contributed by atoms with Crippen molar-refractivity contribution in [3.63, 3.8) is 0 Å². The first-order chi connectivity index (χ1) is 9.47. The van der Waals surface area contributed by atoms with E-state index >= 15 is 0 Å². The third kappa shape index (κ3) is 4.58. The first-order valence-corrected chi connectivity index (χ1v) is 6.20. The van der Waals surface area contributed by atoms with E-state index < -0.39 is 10.7 Å². The summed E-state index contributed by atoms with van der Waals surface area (Å²) in [4.78, 5) is 23.3. The van der Waals surface area contributed by atoms with Crippen LogP contribution in [0.4, 0.5) is 10.1 Å². The van der Waals surface area contributed by atoms with Gasteiger partial charge in [-0.15, -0.1) is 0 Å². The molecule has 0 fully saturated rings. The monoisotopic (exact) mass is 284 g/mol. The molecule has 0 radical (unpaired) electrons. The predicted molar refractivity (Wildman–Crippen MR) is 70.6 cm³/mol. The molecule has 0 unspecified atom stereocenters. The van der Waals surface area contributed by atoms with Crippen LogP contribution >= 0.6 is 0 Å². The van der Waals surface area contributed by atoms with Crippen LogP contribution in [0, 0.1) is 15.9 Å². The van der Waals surface area contributed by atoms with Gasteiger partial charge in [0.25, 0.3) is 5.69 Å². The summed E-state index contributed by atoms with van der Waals surface area (Å²) < 4.78 is 17.8. The Bertz CT molecular complexity index is 493. The van der Waals surface area contributed by atoms with Crippen LogP contribution in [0.5, 0.6) is 0 Å². The quantitative estimate of drug-likeness (QED) is 0.435. The fourth-order valence-corrected chi connectivity index (χ4v) is 1.80. The number of methoxy groups -OCH3 is 1. The number of nitro benzene ring substituents is 1. The molecule has 0 heterocycles. The van der Waals surface area contributed by atoms with Crippen LogP contribution in [-0.4, -0.2) is 36.0 Å². The Morgan fingerprint density at radius 3 is 2.75 bits per heavy atom. The summed E-state index contributed by atoms with van der Waals surface area (Å²) in [6, 6.07) is 3.37. The van der Waals surface area contributed by atoms with Gasteiger partial charge in [0.1, 0.15) is 5.82 Å². The Hall–Kier alpha value is -2.02. The maximum absolute atomic E-state index is 13.2. The minimum Gasteiger partial charge on any atom is -0.469 e. The first-order valence-electron chi connectivity index (χ1n) is 6.20. The molecule has 0 aromatic heterocycles. The third-order valence-electron chi connectivity index (χ3n) is 2.94. The summed E-state index contributed by atoms with van der Waals surface area (Å²) in [6.45, 7) is 3.06. The van der Waals surface area contributed by atoms with Crippen LogP contribution < -0.4 is 0 Å². The summed E-state index contributed by atoms with van der Waals surface area (Å²) in [5.41, 5.74) is 0.171. The Morgan fingerprint density at radius 2 is 2.20 bits per heavy atom. The minimum absolute atomic E-state index is 0.122. The van der Waals surface area contributed by atoms with Crippen molar-refractivity contribution in [2.75, 3.05) is 20.2 Å². The first kappa shape index (κ1) is 16.0. The summed E-state index contributed by atoms with van der Waals surface area (Å²) in [7, 11) is 1.30. The molecule has 0 N–H and O–H groups in total. The van der Waals surface area contributed by atoms with Gasteiger partial charge in [-0.2, -0.15) is 0 Å². The smallest absolute Gasteiger partial charge is 0.306 e. The standard InChI is InChI=1S/C13H17FN2O4/c1-3-15(7-6-13(17)20-2)9-10-8-11(14)4-5-12(10)16(18)19/h4-5,8H,3,6-7,9H2,1-2H3. The average molecular weight is 284 g/mol. The van der Waals surface area contributed by atoms with Gasteiger partial charge < -0.3 is 4.74 Å². The molecule has 7 heteroatoms. The molecule has 0 atom stereocenters. The van der Waals surface area contributed by atoms with Crippen molar-refractivity contribution < 1.29 is 18.8 Å². The average Bonchev–Trinajstić information content (AvgIpc) is 2.42. The van der Waals surface area contributed by atoms with Crippen LogP contribution in [0.15, 0.2) is 18.2 Å². The topological polar surface area (TPSA) is 72.7 Å². The van der Waals surface area contributed by atoms with E-state index in [9.17, 15) is 19.3 Å². The zero-order valence-electron chi connectivity index (χ0n) is 11.5. The van der Waals surface area contributed by atoms with Gasteiger partial charge in [-0.1, -0.05) is 6.92 Å². The molecule has 0 saturated carbocycles. The minimum atomic E-state index is -0.539. The zero-order valence-corrected chi connectivity index (χ0v) is 11.5. The molecule has 20 heavy (non-hydrogen) atoms. The number of ether oxygens (including phenoxy) is 1. The van der Waals surface area contributed by atoms with E-state index in [0.717, 1.165) is 18.2 Å². The highest BCUT2D eigenvalue weighted by Crippen LogP contribution is 2.21. The lowest BCUT2D eigenvalue weighted by atomic mass is 10.1. The number of nitrogens with zero attached hydrogens (tertiary/aromatic N) is 2. The largest absolute Gasteiger partial charge is 0.469 e. The van der Waals surface area contributed by atoms with Crippen LogP contribution in [0.3, 0.4) is 0 Å². The molecular formula is C13H17FN2O4. The molecule has 1 aromatic rings. The van der Waals surface area contributed by atoms with Gasteiger partial charge in [0.15, 0.2) is 0 Å². The van der Waals surface area contributed by atoms with Gasteiger partial charge in [-0.25, -0.2) is 4.39 Å². The molecule has 0 spiro atoms. The van der Waals surface area contributed by atoms with Gasteiger partial charge in [-0.05, 0) is 18.7 Å². The Labute approximate surface area is 116 Å². The highest BCUT2D eigenvalue weighted by molar-refractivity contribution is 5.69. The van der Waals surface area contributed by atoms with Gasteiger partial charge in [0.05, 0.1) is 18.5 Å². The lowest BCUT2D eigenvalue weighted by Gasteiger charge is -2.19. The van der Waals surface area contributed by atoms with Crippen LogP contribution in [0.2, 0.25) is 0 Å². The Balaban J connectivity index is 2.81. The lowest BCUT2D eigenvalue weighted by molar-refractivity contribution is -0.385. The molecular weight excluding hydrogens is 267 g/mol. The van der Waals surface area contributed by atoms with Crippen molar-refractivity contribution >= 4 is 11.7 Å². The van der Waals surface area contributed by atoms with Crippen molar-refractivity contribution in [3.05, 3.63) is 39.7 Å². The fourth-order valence-electron chi connectivity index (χ4n) is 1.80. The predicted octanol–water partition coefficient (Wildman–Crippen LogP) is 2.12. The molecule has 0 aliphatic heterocycles. The van der Waals surface area contributed by atoms with Crippen molar-refractivity contribution in [1.82, 2.24) is 4.90 Å². The summed E-state index contributed by atoms with van der Waals surface area (Å²) >= 11 is 0. The van der Waals surface area contributed by atoms with Gasteiger partial charge >= 0.3 is 5.97 Å². The number of rotatable bonds is 7.